The normalized spacial score (nSPS) is 10.4. The lowest BCUT2D eigenvalue weighted by atomic mass is 10.4. The van der Waals surface area contributed by atoms with Gasteiger partial charge in [0.15, 0.2) is 12.0 Å². The topological polar surface area (TPSA) is 99.4 Å². The summed E-state index contributed by atoms with van der Waals surface area (Å²) in [6, 6.07) is 3.10. The molecule has 88 valence electrons. The number of rotatable bonds is 6. The van der Waals surface area contributed by atoms with E-state index in [4.69, 9.17) is 15.2 Å². The van der Waals surface area contributed by atoms with Gasteiger partial charge in [-0.3, -0.25) is 4.79 Å². The van der Waals surface area contributed by atoms with E-state index in [1.807, 2.05) is 0 Å². The predicted octanol–water partition coefficient (Wildman–Crippen LogP) is -0.394. The van der Waals surface area contributed by atoms with Gasteiger partial charge in [-0.2, -0.15) is 0 Å². The van der Waals surface area contributed by atoms with Crippen LogP contribution in [0.2, 0.25) is 0 Å². The van der Waals surface area contributed by atoms with E-state index < -0.39 is 5.91 Å². The SMILES string of the molecule is COC(CNc1ccc(C(N)=O)nn1)OC. The molecule has 1 heterocycles. The molecule has 1 aromatic heterocycles. The van der Waals surface area contributed by atoms with Crippen molar-refractivity contribution in [3.05, 3.63) is 17.8 Å². The Morgan fingerprint density at radius 2 is 2.12 bits per heavy atom. The summed E-state index contributed by atoms with van der Waals surface area (Å²) in [5.74, 6) is -0.0881. The molecule has 0 unspecified atom stereocenters. The minimum Gasteiger partial charge on any atom is -0.364 e. The van der Waals surface area contributed by atoms with Crippen molar-refractivity contribution in [3.8, 4) is 0 Å². The fourth-order valence-electron chi connectivity index (χ4n) is 1.01. The van der Waals surface area contributed by atoms with Gasteiger partial charge < -0.3 is 20.5 Å². The van der Waals surface area contributed by atoms with E-state index in [1.54, 1.807) is 6.07 Å². The highest BCUT2D eigenvalue weighted by atomic mass is 16.7. The van der Waals surface area contributed by atoms with E-state index >= 15 is 0 Å². The second-order valence-corrected chi connectivity index (χ2v) is 2.95. The zero-order valence-corrected chi connectivity index (χ0v) is 9.14. The van der Waals surface area contributed by atoms with Crippen LogP contribution in [0.1, 0.15) is 10.5 Å². The number of ether oxygens (including phenoxy) is 2. The first-order valence-corrected chi connectivity index (χ1v) is 4.60. The minimum atomic E-state index is -0.606. The summed E-state index contributed by atoms with van der Waals surface area (Å²) < 4.78 is 9.95. The first-order chi connectivity index (χ1) is 7.67. The third-order valence-electron chi connectivity index (χ3n) is 1.89. The number of nitrogens with one attached hydrogen (secondary N) is 1. The van der Waals surface area contributed by atoms with Gasteiger partial charge in [-0.05, 0) is 12.1 Å². The lowest BCUT2D eigenvalue weighted by Gasteiger charge is -2.13. The number of carbonyl (C=O) groups is 1. The molecule has 0 saturated carbocycles. The number of anilines is 1. The smallest absolute Gasteiger partial charge is 0.269 e. The van der Waals surface area contributed by atoms with Crippen LogP contribution in [-0.4, -0.2) is 43.2 Å². The van der Waals surface area contributed by atoms with Crippen molar-refractivity contribution < 1.29 is 14.3 Å². The number of nitrogens with zero attached hydrogens (tertiary/aromatic N) is 2. The number of carbonyl (C=O) groups excluding carboxylic acids is 1. The Morgan fingerprint density at radius 3 is 2.56 bits per heavy atom. The molecule has 16 heavy (non-hydrogen) atoms. The fraction of sp³-hybridized carbons (Fsp3) is 0.444. The van der Waals surface area contributed by atoms with Gasteiger partial charge >= 0.3 is 0 Å². The van der Waals surface area contributed by atoms with Gasteiger partial charge in [0.25, 0.3) is 5.91 Å². The Hall–Kier alpha value is -1.73. The molecule has 0 saturated heterocycles. The Kier molecular flexibility index (Phi) is 4.62. The maximum atomic E-state index is 10.7. The van der Waals surface area contributed by atoms with Gasteiger partial charge in [0, 0.05) is 14.2 Å². The summed E-state index contributed by atoms with van der Waals surface area (Å²) in [7, 11) is 3.08. The third-order valence-corrected chi connectivity index (χ3v) is 1.89. The van der Waals surface area contributed by atoms with Crippen LogP contribution in [0.25, 0.3) is 0 Å². The molecule has 0 spiro atoms. The minimum absolute atomic E-state index is 0.126. The quantitative estimate of drug-likeness (QED) is 0.641. The standard InChI is InChI=1S/C9H14N4O3/c1-15-8(16-2)5-11-7-4-3-6(9(10)14)12-13-7/h3-4,8H,5H2,1-2H3,(H2,10,14)(H,11,13). The maximum absolute atomic E-state index is 10.7. The van der Waals surface area contributed by atoms with E-state index in [0.717, 1.165) is 0 Å². The number of nitrogens with two attached hydrogens (primary N) is 1. The van der Waals surface area contributed by atoms with Crippen molar-refractivity contribution in [3.63, 3.8) is 0 Å². The van der Waals surface area contributed by atoms with E-state index in [0.29, 0.717) is 12.4 Å². The Labute approximate surface area is 92.9 Å². The average Bonchev–Trinajstić information content (AvgIpc) is 2.31. The molecule has 1 rings (SSSR count). The first kappa shape index (κ1) is 12.3. The molecule has 7 nitrogen and oxygen atoms in total. The van der Waals surface area contributed by atoms with Gasteiger partial charge in [0.1, 0.15) is 5.82 Å². The monoisotopic (exact) mass is 226 g/mol. The van der Waals surface area contributed by atoms with Gasteiger partial charge in [-0.25, -0.2) is 0 Å². The van der Waals surface area contributed by atoms with E-state index in [9.17, 15) is 4.79 Å². The van der Waals surface area contributed by atoms with Crippen molar-refractivity contribution in [2.75, 3.05) is 26.1 Å². The number of hydrogen-bond acceptors (Lipinski definition) is 6. The molecular weight excluding hydrogens is 212 g/mol. The molecule has 7 heteroatoms. The molecular formula is C9H14N4O3. The van der Waals surface area contributed by atoms with Crippen molar-refractivity contribution in [1.29, 1.82) is 0 Å². The fourth-order valence-corrected chi connectivity index (χ4v) is 1.01. The highest BCUT2D eigenvalue weighted by molar-refractivity contribution is 5.90. The zero-order chi connectivity index (χ0) is 12.0. The highest BCUT2D eigenvalue weighted by Crippen LogP contribution is 2.02. The van der Waals surface area contributed by atoms with Crippen molar-refractivity contribution in [1.82, 2.24) is 10.2 Å². The van der Waals surface area contributed by atoms with Crippen LogP contribution in [0.5, 0.6) is 0 Å². The number of primary amides is 1. The van der Waals surface area contributed by atoms with Gasteiger partial charge in [-0.15, -0.1) is 10.2 Å². The van der Waals surface area contributed by atoms with Crippen LogP contribution in [0.3, 0.4) is 0 Å². The summed E-state index contributed by atoms with van der Waals surface area (Å²) in [6.07, 6.45) is -0.363. The number of hydrogen-bond donors (Lipinski definition) is 2. The second-order valence-electron chi connectivity index (χ2n) is 2.95. The molecule has 1 amide bonds. The lowest BCUT2D eigenvalue weighted by molar-refractivity contribution is -0.0914. The summed E-state index contributed by atoms with van der Waals surface area (Å²) in [5.41, 5.74) is 5.15. The maximum Gasteiger partial charge on any atom is 0.269 e. The molecule has 0 bridgehead atoms. The second kappa shape index (κ2) is 5.99. The molecule has 1 aromatic rings. The number of aromatic nitrogens is 2. The van der Waals surface area contributed by atoms with Gasteiger partial charge in [0.2, 0.25) is 0 Å². The van der Waals surface area contributed by atoms with Crippen LogP contribution in [0, 0.1) is 0 Å². The predicted molar refractivity (Wildman–Crippen MR) is 56.8 cm³/mol. The summed E-state index contributed by atoms with van der Waals surface area (Å²) in [5, 5.41) is 10.3. The van der Waals surface area contributed by atoms with Crippen LogP contribution in [0.15, 0.2) is 12.1 Å². The summed E-state index contributed by atoms with van der Waals surface area (Å²) >= 11 is 0. The van der Waals surface area contributed by atoms with E-state index in [-0.39, 0.29) is 12.0 Å². The van der Waals surface area contributed by atoms with Crippen LogP contribution in [0.4, 0.5) is 5.82 Å². The van der Waals surface area contributed by atoms with Gasteiger partial charge in [0.05, 0.1) is 6.54 Å². The van der Waals surface area contributed by atoms with E-state index in [1.165, 1.54) is 20.3 Å². The Morgan fingerprint density at radius 1 is 1.44 bits per heavy atom. The van der Waals surface area contributed by atoms with Crippen molar-refractivity contribution in [2.45, 2.75) is 6.29 Å². The van der Waals surface area contributed by atoms with E-state index in [2.05, 4.69) is 15.5 Å². The summed E-state index contributed by atoms with van der Waals surface area (Å²) in [6.45, 7) is 0.428. The molecule has 3 N–H and O–H groups in total. The highest BCUT2D eigenvalue weighted by Gasteiger charge is 2.06. The number of amides is 1. The molecule has 0 radical (unpaired) electrons. The summed E-state index contributed by atoms with van der Waals surface area (Å²) in [4.78, 5) is 10.7. The molecule has 0 aliphatic rings. The average molecular weight is 226 g/mol. The van der Waals surface area contributed by atoms with Crippen molar-refractivity contribution in [2.24, 2.45) is 5.73 Å². The van der Waals surface area contributed by atoms with Crippen molar-refractivity contribution >= 4 is 11.7 Å². The Bertz CT molecular complexity index is 337. The Balaban J connectivity index is 2.52. The molecule has 0 aliphatic heterocycles. The van der Waals surface area contributed by atoms with Gasteiger partial charge in [-0.1, -0.05) is 0 Å². The first-order valence-electron chi connectivity index (χ1n) is 4.60. The van der Waals surface area contributed by atoms with Crippen LogP contribution in [-0.2, 0) is 9.47 Å². The zero-order valence-electron chi connectivity index (χ0n) is 9.14. The van der Waals surface area contributed by atoms with Crippen LogP contribution >= 0.6 is 0 Å². The molecule has 0 fully saturated rings. The molecule has 0 atom stereocenters. The molecule has 0 aliphatic carbocycles. The third kappa shape index (κ3) is 3.44. The lowest BCUT2D eigenvalue weighted by Crippen LogP contribution is -2.24. The largest absolute Gasteiger partial charge is 0.364 e. The molecule has 0 aromatic carbocycles. The number of methoxy groups -OCH3 is 2. The van der Waals surface area contributed by atoms with Crippen LogP contribution < -0.4 is 11.1 Å².